The third kappa shape index (κ3) is 2.02. The predicted molar refractivity (Wildman–Crippen MR) is 80.9 cm³/mol. The standard InChI is InChI=1S/C14H17N3O4S/c1-17(2)22(20,21)11-7-10-12(15-14(18)13(10)16-19)9-6-4-3-5-8(9)11/h7,19H,3-6H2,1-2H3,(H,15,16,18). The smallest absolute Gasteiger partial charge is 0.278 e. The van der Waals surface area contributed by atoms with Crippen molar-refractivity contribution in [2.45, 2.75) is 30.6 Å². The minimum absolute atomic E-state index is 0.140. The van der Waals surface area contributed by atoms with Crippen molar-refractivity contribution in [3.8, 4) is 0 Å². The highest BCUT2D eigenvalue weighted by Crippen LogP contribution is 2.39. The Labute approximate surface area is 128 Å². The van der Waals surface area contributed by atoms with E-state index in [2.05, 4.69) is 10.5 Å². The van der Waals surface area contributed by atoms with Crippen LogP contribution in [0, 0.1) is 0 Å². The van der Waals surface area contributed by atoms with Gasteiger partial charge in [-0.1, -0.05) is 5.16 Å². The number of anilines is 1. The lowest BCUT2D eigenvalue weighted by atomic mass is 9.88. The second kappa shape index (κ2) is 5.06. The molecule has 2 N–H and O–H groups in total. The number of amides is 1. The zero-order chi connectivity index (χ0) is 16.1. The SMILES string of the molecule is CN(C)S(=O)(=O)c1cc2c(c3c1CCCC3)NC(=O)C2=NO. The molecule has 8 heteroatoms. The fourth-order valence-corrected chi connectivity index (χ4v) is 4.25. The molecule has 22 heavy (non-hydrogen) atoms. The summed E-state index contributed by atoms with van der Waals surface area (Å²) in [6, 6.07) is 1.45. The maximum absolute atomic E-state index is 12.6. The topological polar surface area (TPSA) is 99.1 Å². The van der Waals surface area contributed by atoms with Gasteiger partial charge >= 0.3 is 0 Å². The van der Waals surface area contributed by atoms with Crippen LogP contribution in [0.2, 0.25) is 0 Å². The van der Waals surface area contributed by atoms with E-state index in [9.17, 15) is 13.2 Å². The number of fused-ring (bicyclic) bond motifs is 3. The van der Waals surface area contributed by atoms with Gasteiger partial charge in [0.1, 0.15) is 0 Å². The molecule has 0 bridgehead atoms. The Morgan fingerprint density at radius 1 is 1.23 bits per heavy atom. The van der Waals surface area contributed by atoms with Crippen molar-refractivity contribution < 1.29 is 18.4 Å². The summed E-state index contributed by atoms with van der Waals surface area (Å²) in [7, 11) is -0.683. The molecule has 1 aliphatic heterocycles. The molecule has 2 aliphatic rings. The van der Waals surface area contributed by atoms with Crippen LogP contribution in [0.15, 0.2) is 16.1 Å². The van der Waals surface area contributed by atoms with Crippen LogP contribution in [-0.4, -0.2) is 43.6 Å². The first-order valence-corrected chi connectivity index (χ1v) is 8.47. The van der Waals surface area contributed by atoms with Crippen LogP contribution >= 0.6 is 0 Å². The van der Waals surface area contributed by atoms with Crippen LogP contribution < -0.4 is 5.32 Å². The molecule has 0 unspecified atom stereocenters. The minimum Gasteiger partial charge on any atom is -0.410 e. The number of hydrogen-bond donors (Lipinski definition) is 2. The maximum Gasteiger partial charge on any atom is 0.278 e. The molecule has 1 amide bonds. The number of hydrogen-bond acceptors (Lipinski definition) is 5. The number of carbonyl (C=O) groups is 1. The van der Waals surface area contributed by atoms with Crippen molar-refractivity contribution in [2.24, 2.45) is 5.16 Å². The van der Waals surface area contributed by atoms with Crippen LogP contribution in [0.4, 0.5) is 5.69 Å². The van der Waals surface area contributed by atoms with Crippen molar-refractivity contribution in [3.05, 3.63) is 22.8 Å². The number of benzene rings is 1. The van der Waals surface area contributed by atoms with Gasteiger partial charge < -0.3 is 10.5 Å². The number of rotatable bonds is 2. The molecular formula is C14H17N3O4S. The Balaban J connectivity index is 2.35. The van der Waals surface area contributed by atoms with Gasteiger partial charge in [0.2, 0.25) is 10.0 Å². The van der Waals surface area contributed by atoms with Crippen LogP contribution in [0.5, 0.6) is 0 Å². The van der Waals surface area contributed by atoms with Crippen molar-refractivity contribution in [1.82, 2.24) is 4.31 Å². The van der Waals surface area contributed by atoms with E-state index in [1.807, 2.05) is 0 Å². The second-order valence-corrected chi connectivity index (χ2v) is 7.77. The molecule has 0 saturated heterocycles. The molecule has 1 aromatic rings. The van der Waals surface area contributed by atoms with E-state index < -0.39 is 15.9 Å². The summed E-state index contributed by atoms with van der Waals surface area (Å²) >= 11 is 0. The highest BCUT2D eigenvalue weighted by atomic mass is 32.2. The van der Waals surface area contributed by atoms with Gasteiger partial charge in [-0.2, -0.15) is 0 Å². The Kier molecular flexibility index (Phi) is 3.45. The summed E-state index contributed by atoms with van der Waals surface area (Å²) in [4.78, 5) is 12.1. The normalized spacial score (nSPS) is 19.2. The molecule has 1 aliphatic carbocycles. The number of nitrogens with zero attached hydrogens (tertiary/aromatic N) is 2. The van der Waals surface area contributed by atoms with Gasteiger partial charge in [0.25, 0.3) is 5.91 Å². The van der Waals surface area contributed by atoms with E-state index >= 15 is 0 Å². The lowest BCUT2D eigenvalue weighted by Gasteiger charge is -2.23. The summed E-state index contributed by atoms with van der Waals surface area (Å²) in [5.74, 6) is -0.510. The van der Waals surface area contributed by atoms with Crippen molar-refractivity contribution >= 4 is 27.3 Å². The van der Waals surface area contributed by atoms with Crippen LogP contribution in [0.25, 0.3) is 0 Å². The van der Waals surface area contributed by atoms with E-state index in [1.165, 1.54) is 20.2 Å². The quantitative estimate of drug-likeness (QED) is 0.625. The van der Waals surface area contributed by atoms with Crippen LogP contribution in [0.1, 0.15) is 29.5 Å². The molecule has 0 atom stereocenters. The summed E-state index contributed by atoms with van der Waals surface area (Å²) in [6.07, 6.45) is 3.21. The third-order valence-electron chi connectivity index (χ3n) is 4.18. The van der Waals surface area contributed by atoms with Gasteiger partial charge in [-0.3, -0.25) is 4.79 Å². The van der Waals surface area contributed by atoms with E-state index in [1.54, 1.807) is 0 Å². The summed E-state index contributed by atoms with van der Waals surface area (Å²) in [5.41, 5.74) is 2.41. The van der Waals surface area contributed by atoms with Crippen molar-refractivity contribution in [3.63, 3.8) is 0 Å². The number of nitrogens with one attached hydrogen (secondary N) is 1. The second-order valence-electron chi connectivity index (χ2n) is 5.65. The molecular weight excluding hydrogens is 306 g/mol. The first-order valence-electron chi connectivity index (χ1n) is 7.03. The largest absolute Gasteiger partial charge is 0.410 e. The summed E-state index contributed by atoms with van der Waals surface area (Å²) in [5, 5.41) is 14.8. The summed E-state index contributed by atoms with van der Waals surface area (Å²) in [6.45, 7) is 0. The highest BCUT2D eigenvalue weighted by molar-refractivity contribution is 7.89. The van der Waals surface area contributed by atoms with Gasteiger partial charge in [-0.15, -0.1) is 0 Å². The number of oxime groups is 1. The Morgan fingerprint density at radius 2 is 1.86 bits per heavy atom. The molecule has 0 aromatic heterocycles. The average molecular weight is 323 g/mol. The van der Waals surface area contributed by atoms with Gasteiger partial charge in [0.15, 0.2) is 5.71 Å². The van der Waals surface area contributed by atoms with E-state index in [0.29, 0.717) is 24.1 Å². The molecule has 3 rings (SSSR count). The number of sulfonamides is 1. The Morgan fingerprint density at radius 3 is 2.45 bits per heavy atom. The predicted octanol–water partition coefficient (Wildman–Crippen LogP) is 0.946. The molecule has 0 saturated carbocycles. The Bertz CT molecular complexity index is 797. The maximum atomic E-state index is 12.6. The lowest BCUT2D eigenvalue weighted by molar-refractivity contribution is -0.110. The molecule has 0 spiro atoms. The van der Waals surface area contributed by atoms with Crippen LogP contribution in [-0.2, 0) is 27.7 Å². The molecule has 118 valence electrons. The fraction of sp³-hybridized carbons (Fsp3) is 0.429. The zero-order valence-corrected chi connectivity index (χ0v) is 13.2. The van der Waals surface area contributed by atoms with Crippen LogP contribution in [0.3, 0.4) is 0 Å². The average Bonchev–Trinajstić information content (AvgIpc) is 2.81. The van der Waals surface area contributed by atoms with Gasteiger partial charge in [-0.25, -0.2) is 12.7 Å². The Hall–Kier alpha value is -1.93. The molecule has 0 radical (unpaired) electrons. The molecule has 0 fully saturated rings. The highest BCUT2D eigenvalue weighted by Gasteiger charge is 2.35. The number of carbonyl (C=O) groups excluding carboxylic acids is 1. The fourth-order valence-electron chi connectivity index (χ4n) is 3.06. The first-order chi connectivity index (χ1) is 10.4. The van der Waals surface area contributed by atoms with Gasteiger partial charge in [0, 0.05) is 19.7 Å². The van der Waals surface area contributed by atoms with Gasteiger partial charge in [-0.05, 0) is 42.9 Å². The third-order valence-corrected chi connectivity index (χ3v) is 6.06. The lowest BCUT2D eigenvalue weighted by Crippen LogP contribution is -2.25. The van der Waals surface area contributed by atoms with E-state index in [0.717, 1.165) is 28.3 Å². The van der Waals surface area contributed by atoms with Crippen molar-refractivity contribution in [1.29, 1.82) is 0 Å². The first kappa shape index (κ1) is 15.0. The van der Waals surface area contributed by atoms with Crippen molar-refractivity contribution in [2.75, 3.05) is 19.4 Å². The van der Waals surface area contributed by atoms with E-state index in [-0.39, 0.29) is 10.6 Å². The van der Waals surface area contributed by atoms with Gasteiger partial charge in [0.05, 0.1) is 10.6 Å². The zero-order valence-electron chi connectivity index (χ0n) is 12.4. The van der Waals surface area contributed by atoms with E-state index in [4.69, 9.17) is 5.21 Å². The molecule has 7 nitrogen and oxygen atoms in total. The molecule has 1 heterocycles. The minimum atomic E-state index is -3.63. The molecule has 1 aromatic carbocycles. The monoisotopic (exact) mass is 323 g/mol. The summed E-state index contributed by atoms with van der Waals surface area (Å²) < 4.78 is 26.4.